The van der Waals surface area contributed by atoms with Gasteiger partial charge in [0.15, 0.2) is 0 Å². The van der Waals surface area contributed by atoms with Crippen molar-refractivity contribution < 1.29 is 4.74 Å². The molecule has 0 radical (unpaired) electrons. The van der Waals surface area contributed by atoms with Gasteiger partial charge in [0, 0.05) is 13.2 Å². The number of nitrogens with two attached hydrogens (primary N) is 1. The lowest BCUT2D eigenvalue weighted by atomic mass is 10.1. The molecule has 0 aromatic carbocycles. The summed E-state index contributed by atoms with van der Waals surface area (Å²) in [6.45, 7) is 6.14. The van der Waals surface area contributed by atoms with Crippen LogP contribution in [0.5, 0.6) is 0 Å². The molecule has 0 aromatic heterocycles. The topological polar surface area (TPSA) is 50.5 Å². The van der Waals surface area contributed by atoms with E-state index in [1.54, 1.807) is 6.08 Å². The van der Waals surface area contributed by atoms with Crippen LogP contribution in [0.2, 0.25) is 0 Å². The molecule has 0 spiro atoms. The van der Waals surface area contributed by atoms with Gasteiger partial charge in [-0.1, -0.05) is 6.08 Å². The minimum absolute atomic E-state index is 0.0369. The van der Waals surface area contributed by atoms with E-state index in [2.05, 4.69) is 12.0 Å². The van der Waals surface area contributed by atoms with Crippen molar-refractivity contribution in [1.29, 1.82) is 0 Å². The minimum Gasteiger partial charge on any atom is -0.351 e. The molecular weight excluding hydrogens is 178 g/mol. The van der Waals surface area contributed by atoms with Gasteiger partial charge in [0.25, 0.3) is 0 Å². The predicted molar refractivity (Wildman–Crippen MR) is 56.9 cm³/mol. The average molecular weight is 195 g/mol. The highest BCUT2D eigenvalue weighted by atomic mass is 16.5. The Bertz CT molecular complexity index is 271. The van der Waals surface area contributed by atoms with Gasteiger partial charge < -0.3 is 15.1 Å². The Morgan fingerprint density at radius 2 is 2.50 bits per heavy atom. The first kappa shape index (κ1) is 10.8. The van der Waals surface area contributed by atoms with E-state index in [9.17, 15) is 0 Å². The van der Waals surface area contributed by atoms with Crippen molar-refractivity contribution in [2.45, 2.75) is 13.2 Å². The van der Waals surface area contributed by atoms with Gasteiger partial charge >= 0.3 is 0 Å². The van der Waals surface area contributed by atoms with Crippen molar-refractivity contribution in [3.8, 4) is 0 Å². The molecule has 0 aliphatic carbocycles. The third-order valence-electron chi connectivity index (χ3n) is 2.09. The molecule has 0 fully saturated rings. The Morgan fingerprint density at radius 3 is 3.07 bits per heavy atom. The van der Waals surface area contributed by atoms with Crippen LogP contribution < -0.4 is 11.3 Å². The van der Waals surface area contributed by atoms with Crippen molar-refractivity contribution in [2.75, 3.05) is 13.7 Å². The van der Waals surface area contributed by atoms with Crippen molar-refractivity contribution in [3.63, 3.8) is 0 Å². The summed E-state index contributed by atoms with van der Waals surface area (Å²) in [6.07, 6.45) is 5.63. The monoisotopic (exact) mass is 195 g/mol. The number of ether oxygens (including phenoxy) is 1. The van der Waals surface area contributed by atoms with Gasteiger partial charge in [0.1, 0.15) is 6.23 Å². The normalized spacial score (nSPS) is 21.4. The SMILES string of the molecule is C=CCOC1C=C(C)C(NN)=CN1C. The Morgan fingerprint density at radius 1 is 1.79 bits per heavy atom. The first-order valence-electron chi connectivity index (χ1n) is 4.50. The number of likely N-dealkylation sites (N-methyl/N-ethyl adjacent to an activating group) is 1. The highest BCUT2D eigenvalue weighted by Gasteiger charge is 2.16. The average Bonchev–Trinajstić information content (AvgIpc) is 2.18. The molecule has 1 atom stereocenters. The van der Waals surface area contributed by atoms with E-state index in [4.69, 9.17) is 10.6 Å². The number of rotatable bonds is 4. The molecule has 1 aliphatic heterocycles. The van der Waals surface area contributed by atoms with Crippen LogP contribution in [0, 0.1) is 0 Å². The van der Waals surface area contributed by atoms with Gasteiger partial charge in [0.2, 0.25) is 0 Å². The second kappa shape index (κ2) is 4.83. The number of nitrogens with one attached hydrogen (secondary N) is 1. The molecule has 3 N–H and O–H groups in total. The number of allylic oxidation sites excluding steroid dienone is 1. The maximum absolute atomic E-state index is 5.53. The van der Waals surface area contributed by atoms with Gasteiger partial charge in [-0.15, -0.1) is 6.58 Å². The Hall–Kier alpha value is -1.26. The Labute approximate surface area is 84.7 Å². The maximum Gasteiger partial charge on any atom is 0.149 e. The fourth-order valence-electron chi connectivity index (χ4n) is 1.28. The standard InChI is InChI=1S/C10H17N3O/c1-4-5-14-10-6-8(2)9(12-11)7-13(10)3/h4,6-7,10,12H,1,5,11H2,2-3H3. The summed E-state index contributed by atoms with van der Waals surface area (Å²) < 4.78 is 5.53. The van der Waals surface area contributed by atoms with Crippen LogP contribution in [-0.2, 0) is 4.74 Å². The summed E-state index contributed by atoms with van der Waals surface area (Å²) in [7, 11) is 1.94. The number of hydrogen-bond acceptors (Lipinski definition) is 4. The second-order valence-electron chi connectivity index (χ2n) is 3.21. The molecule has 0 saturated heterocycles. The minimum atomic E-state index is -0.0369. The lowest BCUT2D eigenvalue weighted by molar-refractivity contribution is 0.0211. The molecule has 0 saturated carbocycles. The smallest absolute Gasteiger partial charge is 0.149 e. The quantitative estimate of drug-likeness (QED) is 0.394. The zero-order chi connectivity index (χ0) is 10.6. The molecule has 0 aromatic rings. The second-order valence-corrected chi connectivity index (χ2v) is 3.21. The van der Waals surface area contributed by atoms with Crippen molar-refractivity contribution in [2.24, 2.45) is 5.84 Å². The van der Waals surface area contributed by atoms with Crippen LogP contribution in [-0.4, -0.2) is 24.8 Å². The van der Waals surface area contributed by atoms with Gasteiger partial charge in [-0.3, -0.25) is 5.84 Å². The third-order valence-corrected chi connectivity index (χ3v) is 2.09. The van der Waals surface area contributed by atoms with E-state index in [0.717, 1.165) is 11.3 Å². The third kappa shape index (κ3) is 2.37. The molecule has 1 heterocycles. The lowest BCUT2D eigenvalue weighted by Crippen LogP contribution is -2.35. The lowest BCUT2D eigenvalue weighted by Gasteiger charge is -2.29. The molecule has 1 aliphatic rings. The van der Waals surface area contributed by atoms with E-state index < -0.39 is 0 Å². The summed E-state index contributed by atoms with van der Waals surface area (Å²) in [6, 6.07) is 0. The van der Waals surface area contributed by atoms with Crippen molar-refractivity contribution >= 4 is 0 Å². The largest absolute Gasteiger partial charge is 0.351 e. The predicted octanol–water partition coefficient (Wildman–Crippen LogP) is 0.712. The first-order valence-corrected chi connectivity index (χ1v) is 4.50. The van der Waals surface area contributed by atoms with E-state index in [1.165, 1.54) is 0 Å². The Kier molecular flexibility index (Phi) is 3.73. The molecule has 14 heavy (non-hydrogen) atoms. The van der Waals surface area contributed by atoms with Gasteiger partial charge in [-0.2, -0.15) is 0 Å². The van der Waals surface area contributed by atoms with E-state index in [-0.39, 0.29) is 6.23 Å². The van der Waals surface area contributed by atoms with Crippen LogP contribution in [0.25, 0.3) is 0 Å². The zero-order valence-electron chi connectivity index (χ0n) is 8.66. The van der Waals surface area contributed by atoms with Gasteiger partial charge in [-0.25, -0.2) is 0 Å². The number of hydrogen-bond donors (Lipinski definition) is 2. The molecule has 4 heteroatoms. The van der Waals surface area contributed by atoms with Crippen LogP contribution in [0.4, 0.5) is 0 Å². The number of hydrazine groups is 1. The first-order chi connectivity index (χ1) is 6.69. The van der Waals surface area contributed by atoms with Crippen molar-refractivity contribution in [3.05, 3.63) is 36.2 Å². The molecule has 78 valence electrons. The highest BCUT2D eigenvalue weighted by Crippen LogP contribution is 2.17. The molecule has 1 unspecified atom stereocenters. The summed E-state index contributed by atoms with van der Waals surface area (Å²) >= 11 is 0. The Balaban J connectivity index is 2.66. The van der Waals surface area contributed by atoms with E-state index >= 15 is 0 Å². The van der Waals surface area contributed by atoms with Crippen LogP contribution in [0.1, 0.15) is 6.92 Å². The highest BCUT2D eigenvalue weighted by molar-refractivity contribution is 5.30. The molecule has 1 rings (SSSR count). The molecule has 4 nitrogen and oxygen atoms in total. The fraction of sp³-hybridized carbons (Fsp3) is 0.400. The molecule has 0 bridgehead atoms. The summed E-state index contributed by atoms with van der Waals surface area (Å²) in [5.74, 6) is 5.36. The summed E-state index contributed by atoms with van der Waals surface area (Å²) in [5, 5.41) is 0. The van der Waals surface area contributed by atoms with E-state index in [0.29, 0.717) is 6.61 Å². The number of nitrogens with zero attached hydrogens (tertiary/aromatic N) is 1. The van der Waals surface area contributed by atoms with Gasteiger partial charge in [-0.05, 0) is 18.6 Å². The van der Waals surface area contributed by atoms with Crippen molar-refractivity contribution in [1.82, 2.24) is 10.3 Å². The van der Waals surface area contributed by atoms with Gasteiger partial charge in [0.05, 0.1) is 12.3 Å². The zero-order valence-corrected chi connectivity index (χ0v) is 8.66. The van der Waals surface area contributed by atoms with E-state index in [1.807, 2.05) is 31.1 Å². The molecular formula is C10H17N3O. The fourth-order valence-corrected chi connectivity index (χ4v) is 1.28. The van der Waals surface area contributed by atoms with Crippen LogP contribution in [0.15, 0.2) is 36.2 Å². The van der Waals surface area contributed by atoms with Crippen LogP contribution >= 0.6 is 0 Å². The van der Waals surface area contributed by atoms with Crippen LogP contribution in [0.3, 0.4) is 0 Å². The molecule has 0 amide bonds. The summed E-state index contributed by atoms with van der Waals surface area (Å²) in [5.41, 5.74) is 4.63. The maximum atomic E-state index is 5.53. The summed E-state index contributed by atoms with van der Waals surface area (Å²) in [4.78, 5) is 1.95.